The number of para-hydroxylation sites is 1. The van der Waals surface area contributed by atoms with Crippen LogP contribution in [0, 0.1) is 5.92 Å². The molecule has 1 aromatic heterocycles. The summed E-state index contributed by atoms with van der Waals surface area (Å²) in [6.07, 6.45) is 1.67. The second-order valence-corrected chi connectivity index (χ2v) is 6.57. The lowest BCUT2D eigenvalue weighted by Gasteiger charge is -2.16. The Morgan fingerprint density at radius 1 is 1.30 bits per heavy atom. The van der Waals surface area contributed by atoms with Crippen LogP contribution < -0.4 is 0 Å². The molecule has 1 heterocycles. The number of benzene rings is 1. The first-order valence-corrected chi connectivity index (χ1v) is 7.81. The Morgan fingerprint density at radius 3 is 2.65 bits per heavy atom. The van der Waals surface area contributed by atoms with Crippen LogP contribution in [-0.2, 0) is 21.3 Å². The molecule has 0 saturated carbocycles. The number of pyridine rings is 1. The number of aliphatic carboxylic acids is 1. The van der Waals surface area contributed by atoms with Crippen molar-refractivity contribution in [1.82, 2.24) is 4.98 Å². The lowest BCUT2D eigenvalue weighted by Crippen LogP contribution is -2.31. The molecule has 0 amide bonds. The molecule has 0 spiro atoms. The molecule has 0 radical (unpaired) electrons. The maximum Gasteiger partial charge on any atom is 0.319 e. The molecular weight excluding hydrogens is 274 g/mol. The van der Waals surface area contributed by atoms with Gasteiger partial charge >= 0.3 is 5.97 Å². The topological polar surface area (TPSA) is 67.3 Å². The maximum absolute atomic E-state index is 12.3. The van der Waals surface area contributed by atoms with Crippen molar-refractivity contribution in [3.8, 4) is 0 Å². The smallest absolute Gasteiger partial charge is 0.319 e. The minimum Gasteiger partial charge on any atom is -0.480 e. The molecule has 1 aromatic carbocycles. The fourth-order valence-electron chi connectivity index (χ4n) is 2.23. The van der Waals surface area contributed by atoms with Gasteiger partial charge in [0.05, 0.1) is 11.3 Å². The third kappa shape index (κ3) is 3.04. The van der Waals surface area contributed by atoms with E-state index in [1.165, 1.54) is 0 Å². The van der Waals surface area contributed by atoms with Gasteiger partial charge in [0.25, 0.3) is 0 Å². The predicted octanol–water partition coefficient (Wildman–Crippen LogP) is 2.59. The summed E-state index contributed by atoms with van der Waals surface area (Å²) in [6.45, 7) is 3.56. The van der Waals surface area contributed by atoms with Crippen molar-refractivity contribution in [3.63, 3.8) is 0 Å². The minimum absolute atomic E-state index is 0.165. The van der Waals surface area contributed by atoms with E-state index < -0.39 is 22.0 Å². The Bertz CT molecular complexity index is 649. The number of hydrogen-bond acceptors (Lipinski definition) is 3. The molecule has 0 aliphatic carbocycles. The zero-order valence-electron chi connectivity index (χ0n) is 11.4. The Balaban J connectivity index is 2.32. The van der Waals surface area contributed by atoms with Gasteiger partial charge in [-0.25, -0.2) is 0 Å². The molecule has 0 saturated heterocycles. The third-order valence-electron chi connectivity index (χ3n) is 3.17. The summed E-state index contributed by atoms with van der Waals surface area (Å²) < 4.78 is 12.3. The van der Waals surface area contributed by atoms with Gasteiger partial charge in [-0.3, -0.25) is 14.0 Å². The van der Waals surface area contributed by atoms with E-state index in [-0.39, 0.29) is 11.7 Å². The van der Waals surface area contributed by atoms with Crippen LogP contribution >= 0.6 is 0 Å². The zero-order valence-corrected chi connectivity index (χ0v) is 12.3. The number of nitrogens with zero attached hydrogens (tertiary/aromatic N) is 1. The second kappa shape index (κ2) is 6.13. The van der Waals surface area contributed by atoms with Gasteiger partial charge < -0.3 is 5.11 Å². The molecule has 0 aliphatic rings. The van der Waals surface area contributed by atoms with E-state index in [1.54, 1.807) is 26.1 Å². The van der Waals surface area contributed by atoms with E-state index in [9.17, 15) is 14.1 Å². The Labute approximate surface area is 120 Å². The van der Waals surface area contributed by atoms with Crippen molar-refractivity contribution in [2.75, 3.05) is 0 Å². The number of rotatable bonds is 5. The van der Waals surface area contributed by atoms with Gasteiger partial charge in [-0.1, -0.05) is 32.0 Å². The van der Waals surface area contributed by atoms with Gasteiger partial charge in [-0.2, -0.15) is 0 Å². The molecule has 4 nitrogen and oxygen atoms in total. The molecule has 5 heteroatoms. The highest BCUT2D eigenvalue weighted by atomic mass is 32.2. The third-order valence-corrected chi connectivity index (χ3v) is 5.08. The van der Waals surface area contributed by atoms with Crippen LogP contribution in [0.4, 0.5) is 0 Å². The second-order valence-electron chi connectivity index (χ2n) is 5.02. The molecule has 20 heavy (non-hydrogen) atoms. The lowest BCUT2D eigenvalue weighted by molar-refractivity contribution is -0.137. The summed E-state index contributed by atoms with van der Waals surface area (Å²) in [4.78, 5) is 15.5. The molecule has 1 N–H and O–H groups in total. The van der Waals surface area contributed by atoms with E-state index >= 15 is 0 Å². The number of fused-ring (bicyclic) bond motifs is 1. The predicted molar refractivity (Wildman–Crippen MR) is 79.9 cm³/mol. The first-order valence-electron chi connectivity index (χ1n) is 6.43. The summed E-state index contributed by atoms with van der Waals surface area (Å²) in [5.74, 6) is -0.934. The number of hydrogen-bond donors (Lipinski definition) is 1. The van der Waals surface area contributed by atoms with Crippen molar-refractivity contribution >= 4 is 27.7 Å². The molecule has 2 atom stereocenters. The van der Waals surface area contributed by atoms with E-state index in [4.69, 9.17) is 0 Å². The highest BCUT2D eigenvalue weighted by molar-refractivity contribution is 7.85. The van der Waals surface area contributed by atoms with Crippen LogP contribution in [-0.4, -0.2) is 25.5 Å². The highest BCUT2D eigenvalue weighted by Crippen LogP contribution is 2.20. The zero-order chi connectivity index (χ0) is 14.7. The molecule has 0 aliphatic heterocycles. The summed E-state index contributed by atoms with van der Waals surface area (Å²) in [7, 11) is -1.45. The van der Waals surface area contributed by atoms with Gasteiger partial charge in [0.1, 0.15) is 5.25 Å². The number of carboxylic acid groups (broad SMARTS) is 1. The summed E-state index contributed by atoms with van der Waals surface area (Å²) in [5, 5.41) is 9.28. The van der Waals surface area contributed by atoms with E-state index in [2.05, 4.69) is 4.98 Å². The van der Waals surface area contributed by atoms with Crippen LogP contribution in [0.5, 0.6) is 0 Å². The molecule has 0 bridgehead atoms. The molecule has 2 aromatic rings. The largest absolute Gasteiger partial charge is 0.480 e. The number of aromatic nitrogens is 1. The van der Waals surface area contributed by atoms with Gasteiger partial charge in [0, 0.05) is 22.4 Å². The summed E-state index contributed by atoms with van der Waals surface area (Å²) in [6, 6.07) is 9.40. The molecular formula is C15H17NO3S. The van der Waals surface area contributed by atoms with Gasteiger partial charge in [0.2, 0.25) is 0 Å². The van der Waals surface area contributed by atoms with E-state index in [0.29, 0.717) is 0 Å². The molecule has 2 unspecified atom stereocenters. The van der Waals surface area contributed by atoms with E-state index in [0.717, 1.165) is 16.5 Å². The standard InChI is InChI=1S/C15H17NO3S/c1-10(2)14(15(17)18)20(19)9-11-7-8-16-13-6-4-3-5-12(11)13/h3-8,10,14H,9H2,1-2H3,(H,17,18). The van der Waals surface area contributed by atoms with Crippen LogP contribution in [0.3, 0.4) is 0 Å². The average Bonchev–Trinajstić information content (AvgIpc) is 2.38. The fraction of sp³-hybridized carbons (Fsp3) is 0.333. The number of carbonyl (C=O) groups is 1. The Morgan fingerprint density at radius 2 is 2.00 bits per heavy atom. The van der Waals surface area contributed by atoms with Crippen LogP contribution in [0.2, 0.25) is 0 Å². The van der Waals surface area contributed by atoms with Crippen LogP contribution in [0.1, 0.15) is 19.4 Å². The van der Waals surface area contributed by atoms with Crippen molar-refractivity contribution in [3.05, 3.63) is 42.1 Å². The van der Waals surface area contributed by atoms with Crippen LogP contribution in [0.15, 0.2) is 36.5 Å². The average molecular weight is 291 g/mol. The van der Waals surface area contributed by atoms with Crippen molar-refractivity contribution in [2.24, 2.45) is 5.92 Å². The molecule has 106 valence electrons. The monoisotopic (exact) mass is 291 g/mol. The normalized spacial score (nSPS) is 14.3. The Kier molecular flexibility index (Phi) is 4.49. The van der Waals surface area contributed by atoms with Crippen molar-refractivity contribution in [1.29, 1.82) is 0 Å². The quantitative estimate of drug-likeness (QED) is 0.919. The lowest BCUT2D eigenvalue weighted by atomic mass is 10.1. The minimum atomic E-state index is -1.45. The SMILES string of the molecule is CC(C)C(C(=O)O)S(=O)Cc1ccnc2ccccc12. The Hall–Kier alpha value is -1.75. The van der Waals surface area contributed by atoms with Crippen molar-refractivity contribution in [2.45, 2.75) is 24.9 Å². The van der Waals surface area contributed by atoms with Crippen LogP contribution in [0.25, 0.3) is 10.9 Å². The summed E-state index contributed by atoms with van der Waals surface area (Å²) >= 11 is 0. The number of carboxylic acids is 1. The molecule has 0 fully saturated rings. The van der Waals surface area contributed by atoms with Gasteiger partial charge in [-0.05, 0) is 23.6 Å². The first-order chi connectivity index (χ1) is 9.50. The first kappa shape index (κ1) is 14.7. The van der Waals surface area contributed by atoms with E-state index in [1.807, 2.05) is 24.3 Å². The highest BCUT2D eigenvalue weighted by Gasteiger charge is 2.28. The van der Waals surface area contributed by atoms with Gasteiger partial charge in [0.15, 0.2) is 0 Å². The summed E-state index contributed by atoms with van der Waals surface area (Å²) in [5.41, 5.74) is 1.71. The molecule has 2 rings (SSSR count). The van der Waals surface area contributed by atoms with Crippen molar-refractivity contribution < 1.29 is 14.1 Å². The van der Waals surface area contributed by atoms with Gasteiger partial charge in [-0.15, -0.1) is 0 Å². The maximum atomic E-state index is 12.3. The fourth-order valence-corrected chi connectivity index (χ4v) is 3.79.